The van der Waals surface area contributed by atoms with Gasteiger partial charge in [0.05, 0.1) is 22.3 Å². The molecule has 0 aliphatic rings. The van der Waals surface area contributed by atoms with Crippen LogP contribution in [0.1, 0.15) is 19.4 Å². The molecule has 2 heterocycles. The third-order valence-corrected chi connectivity index (χ3v) is 8.21. The van der Waals surface area contributed by atoms with Crippen LogP contribution in [0.2, 0.25) is 0 Å². The number of nitrogens with zero attached hydrogens (tertiary/aromatic N) is 2. The minimum Gasteiger partial charge on any atom is -0.296 e. The van der Waals surface area contributed by atoms with Crippen LogP contribution in [0.3, 0.4) is 0 Å². The molecule has 7 rings (SSSR count). The van der Waals surface area contributed by atoms with E-state index in [1.165, 1.54) is 0 Å². The summed E-state index contributed by atoms with van der Waals surface area (Å²) in [7, 11) is 0. The van der Waals surface area contributed by atoms with Gasteiger partial charge < -0.3 is 0 Å². The van der Waals surface area contributed by atoms with E-state index >= 15 is 0 Å². The van der Waals surface area contributed by atoms with Gasteiger partial charge in [0.25, 0.3) is 5.56 Å². The molecule has 0 saturated heterocycles. The van der Waals surface area contributed by atoms with Crippen molar-refractivity contribution in [1.82, 2.24) is 9.55 Å². The Labute approximate surface area is 245 Å². The van der Waals surface area contributed by atoms with Gasteiger partial charge in [0.2, 0.25) is 0 Å². The molecule has 0 aliphatic heterocycles. The number of benzene rings is 5. The number of fused-ring (bicyclic) bond motifs is 3. The Morgan fingerprint density at radius 3 is 1.60 bits per heavy atom. The van der Waals surface area contributed by atoms with Gasteiger partial charge in [-0.25, -0.2) is 4.98 Å². The second-order valence-corrected chi connectivity index (χ2v) is 11.2. The van der Waals surface area contributed by atoms with Gasteiger partial charge in [-0.3, -0.25) is 9.36 Å². The van der Waals surface area contributed by atoms with E-state index in [0.717, 1.165) is 55.5 Å². The summed E-state index contributed by atoms with van der Waals surface area (Å²) in [5.74, 6) is 0. The minimum atomic E-state index is -0.691. The topological polar surface area (TPSA) is 34.9 Å². The third-order valence-electron chi connectivity index (χ3n) is 8.21. The van der Waals surface area contributed by atoms with Gasteiger partial charge in [0.15, 0.2) is 0 Å². The normalized spacial score (nSPS) is 11.7. The summed E-state index contributed by atoms with van der Waals surface area (Å²) in [5, 5.41) is 1.53. The Balaban J connectivity index is 1.51. The van der Waals surface area contributed by atoms with Gasteiger partial charge in [0.1, 0.15) is 0 Å². The molecule has 0 atom stereocenters. The predicted molar refractivity (Wildman–Crippen MR) is 175 cm³/mol. The number of rotatable bonds is 5. The van der Waals surface area contributed by atoms with Gasteiger partial charge in [0, 0.05) is 16.3 Å². The highest BCUT2D eigenvalue weighted by atomic mass is 16.1. The average molecular weight is 543 g/mol. The van der Waals surface area contributed by atoms with Gasteiger partial charge >= 0.3 is 0 Å². The molecule has 0 spiro atoms. The first-order valence-electron chi connectivity index (χ1n) is 14.3. The van der Waals surface area contributed by atoms with Crippen LogP contribution in [-0.4, -0.2) is 9.55 Å². The fourth-order valence-electron chi connectivity index (χ4n) is 5.97. The summed E-state index contributed by atoms with van der Waals surface area (Å²) in [5.41, 5.74) is 8.40. The van der Waals surface area contributed by atoms with Gasteiger partial charge in [-0.05, 0) is 78.1 Å². The van der Waals surface area contributed by atoms with Gasteiger partial charge in [-0.1, -0.05) is 109 Å². The predicted octanol–water partition coefficient (Wildman–Crippen LogP) is 9.33. The van der Waals surface area contributed by atoms with Crippen LogP contribution in [0.15, 0.2) is 150 Å². The summed E-state index contributed by atoms with van der Waals surface area (Å²) in [6.45, 7) is 4.26. The molecule has 0 radical (unpaired) electrons. The van der Waals surface area contributed by atoms with Crippen LogP contribution in [-0.2, 0) is 5.54 Å². The SMILES string of the molecule is CC(C)(c1cc(-c2ccccc2)cc(-c2ccccc2)c1)n1c(=O)c2ccccc2c2nc(-c3ccccc3)ccc21. The zero-order valence-electron chi connectivity index (χ0n) is 23.7. The lowest BCUT2D eigenvalue weighted by atomic mass is 9.87. The van der Waals surface area contributed by atoms with E-state index in [1.54, 1.807) is 0 Å². The lowest BCUT2D eigenvalue weighted by Gasteiger charge is -2.31. The molecule has 0 saturated carbocycles. The summed E-state index contributed by atoms with van der Waals surface area (Å²) in [4.78, 5) is 19.5. The van der Waals surface area contributed by atoms with Crippen molar-refractivity contribution in [2.24, 2.45) is 0 Å². The first-order valence-corrected chi connectivity index (χ1v) is 14.3. The highest BCUT2D eigenvalue weighted by Gasteiger charge is 2.29. The molecule has 0 aliphatic carbocycles. The van der Waals surface area contributed by atoms with Crippen LogP contribution in [0.25, 0.3) is 55.3 Å². The van der Waals surface area contributed by atoms with Crippen molar-refractivity contribution in [3.05, 3.63) is 162 Å². The van der Waals surface area contributed by atoms with E-state index in [2.05, 4.69) is 98.8 Å². The van der Waals surface area contributed by atoms with Crippen molar-refractivity contribution < 1.29 is 0 Å². The Hall–Kier alpha value is -5.28. The maximum absolute atomic E-state index is 14.4. The Morgan fingerprint density at radius 1 is 0.524 bits per heavy atom. The summed E-state index contributed by atoms with van der Waals surface area (Å²) in [6, 6.07) is 49.6. The van der Waals surface area contributed by atoms with Crippen LogP contribution in [0, 0.1) is 0 Å². The van der Waals surface area contributed by atoms with Crippen molar-refractivity contribution in [2.75, 3.05) is 0 Å². The molecule has 0 bridgehead atoms. The molecule has 202 valence electrons. The van der Waals surface area contributed by atoms with Gasteiger partial charge in [-0.2, -0.15) is 0 Å². The van der Waals surface area contributed by atoms with E-state index in [4.69, 9.17) is 4.98 Å². The molecular formula is C39H30N2O. The van der Waals surface area contributed by atoms with E-state index in [1.807, 2.05) is 65.2 Å². The first-order chi connectivity index (χ1) is 20.5. The average Bonchev–Trinajstić information content (AvgIpc) is 3.06. The van der Waals surface area contributed by atoms with Crippen LogP contribution in [0.4, 0.5) is 0 Å². The largest absolute Gasteiger partial charge is 0.296 e. The van der Waals surface area contributed by atoms with Crippen LogP contribution < -0.4 is 5.56 Å². The highest BCUT2D eigenvalue weighted by Crippen LogP contribution is 2.36. The fourth-order valence-corrected chi connectivity index (χ4v) is 5.97. The molecule has 7 aromatic rings. The van der Waals surface area contributed by atoms with Crippen molar-refractivity contribution in [1.29, 1.82) is 0 Å². The summed E-state index contributed by atoms with van der Waals surface area (Å²) < 4.78 is 1.94. The molecule has 0 amide bonds. The number of pyridine rings is 2. The van der Waals surface area contributed by atoms with Crippen molar-refractivity contribution >= 4 is 21.8 Å². The second-order valence-electron chi connectivity index (χ2n) is 11.2. The summed E-state index contributed by atoms with van der Waals surface area (Å²) >= 11 is 0. The maximum Gasteiger partial charge on any atom is 0.259 e. The molecule has 0 fully saturated rings. The minimum absolute atomic E-state index is 0.0243. The molecule has 2 aromatic heterocycles. The molecule has 5 aromatic carbocycles. The molecule has 42 heavy (non-hydrogen) atoms. The lowest BCUT2D eigenvalue weighted by Crippen LogP contribution is -2.37. The van der Waals surface area contributed by atoms with Crippen molar-refractivity contribution in [2.45, 2.75) is 19.4 Å². The van der Waals surface area contributed by atoms with Crippen LogP contribution in [0.5, 0.6) is 0 Å². The zero-order valence-corrected chi connectivity index (χ0v) is 23.7. The van der Waals surface area contributed by atoms with Crippen LogP contribution >= 0.6 is 0 Å². The first kappa shape index (κ1) is 25.7. The molecule has 0 N–H and O–H groups in total. The monoisotopic (exact) mass is 542 g/mol. The molecule has 3 heteroatoms. The molecule has 0 unspecified atom stereocenters. The Kier molecular flexibility index (Phi) is 6.28. The lowest BCUT2D eigenvalue weighted by molar-refractivity contribution is 0.439. The van der Waals surface area contributed by atoms with E-state index in [9.17, 15) is 4.79 Å². The number of aromatic nitrogens is 2. The fraction of sp³-hybridized carbons (Fsp3) is 0.0769. The highest BCUT2D eigenvalue weighted by molar-refractivity contribution is 6.04. The van der Waals surface area contributed by atoms with E-state index < -0.39 is 5.54 Å². The van der Waals surface area contributed by atoms with E-state index in [-0.39, 0.29) is 5.56 Å². The number of hydrogen-bond donors (Lipinski definition) is 0. The zero-order chi connectivity index (χ0) is 28.7. The Morgan fingerprint density at radius 2 is 1.02 bits per heavy atom. The molecule has 3 nitrogen and oxygen atoms in total. The smallest absolute Gasteiger partial charge is 0.259 e. The molecular weight excluding hydrogens is 512 g/mol. The maximum atomic E-state index is 14.4. The third kappa shape index (κ3) is 4.40. The second kappa shape index (κ2) is 10.3. The van der Waals surface area contributed by atoms with Crippen molar-refractivity contribution in [3.63, 3.8) is 0 Å². The van der Waals surface area contributed by atoms with Gasteiger partial charge in [-0.15, -0.1) is 0 Å². The standard InChI is InChI=1S/C39H30N2O/c1-39(2,32-25-30(27-14-6-3-7-15-27)24-31(26-32)28-16-8-4-9-17-28)41-36-23-22-35(29-18-10-5-11-19-29)40-37(36)33-20-12-13-21-34(33)38(41)42/h3-26H,1-2H3. The quantitative estimate of drug-likeness (QED) is 0.203. The van der Waals surface area contributed by atoms with E-state index in [0.29, 0.717) is 5.39 Å². The summed E-state index contributed by atoms with van der Waals surface area (Å²) in [6.07, 6.45) is 0. The number of hydrogen-bond acceptors (Lipinski definition) is 2. The Bertz CT molecular complexity index is 2050. The van der Waals surface area contributed by atoms with Crippen molar-refractivity contribution in [3.8, 4) is 33.5 Å².